The molecule has 0 saturated carbocycles. The highest BCUT2D eigenvalue weighted by atomic mass is 32.1. The van der Waals surface area contributed by atoms with E-state index in [0.717, 1.165) is 10.6 Å². The second kappa shape index (κ2) is 6.74. The molecule has 1 amide bonds. The second-order valence-corrected chi connectivity index (χ2v) is 5.35. The van der Waals surface area contributed by atoms with E-state index in [1.165, 1.54) is 6.92 Å². The van der Waals surface area contributed by atoms with Crippen molar-refractivity contribution in [2.24, 2.45) is 5.92 Å². The summed E-state index contributed by atoms with van der Waals surface area (Å²) in [6, 6.07) is 1.98. The van der Waals surface area contributed by atoms with E-state index in [1.807, 2.05) is 11.4 Å². The fourth-order valence-corrected chi connectivity index (χ4v) is 2.29. The molecule has 0 saturated heterocycles. The largest absolute Gasteiger partial charge is 0.395 e. The average Bonchev–Trinajstić information content (AvgIpc) is 2.65. The number of hydrogen-bond donors (Lipinski definition) is 3. The molecule has 0 aliphatic carbocycles. The maximum Gasteiger partial charge on any atom is 0.221 e. The van der Waals surface area contributed by atoms with Crippen LogP contribution in [0.5, 0.6) is 0 Å². The Kier molecular flexibility index (Phi) is 5.61. The Morgan fingerprint density at radius 1 is 1.53 bits per heavy atom. The maximum absolute atomic E-state index is 11.0. The molecule has 0 aromatic carbocycles. The van der Waals surface area contributed by atoms with Crippen molar-refractivity contribution in [1.82, 2.24) is 5.32 Å². The molecule has 0 bridgehead atoms. The molecule has 1 atom stereocenters. The summed E-state index contributed by atoms with van der Waals surface area (Å²) < 4.78 is 0. The first-order valence-electron chi connectivity index (χ1n) is 5.72. The zero-order valence-electron chi connectivity index (χ0n) is 10.5. The zero-order valence-corrected chi connectivity index (χ0v) is 11.3. The van der Waals surface area contributed by atoms with E-state index in [2.05, 4.69) is 24.5 Å². The van der Waals surface area contributed by atoms with Crippen LogP contribution in [0.1, 0.15) is 25.6 Å². The molecule has 0 fully saturated rings. The number of hydrogen-bond acceptors (Lipinski definition) is 4. The molecule has 1 heterocycles. The van der Waals surface area contributed by atoms with Crippen molar-refractivity contribution in [2.45, 2.75) is 33.4 Å². The van der Waals surface area contributed by atoms with Gasteiger partial charge in [-0.15, -0.1) is 11.3 Å². The van der Waals surface area contributed by atoms with Gasteiger partial charge in [0.05, 0.1) is 12.3 Å². The van der Waals surface area contributed by atoms with E-state index in [-0.39, 0.29) is 18.6 Å². The first-order valence-corrected chi connectivity index (χ1v) is 6.60. The van der Waals surface area contributed by atoms with Gasteiger partial charge in [0.15, 0.2) is 0 Å². The van der Waals surface area contributed by atoms with Crippen LogP contribution in [0.3, 0.4) is 0 Å². The van der Waals surface area contributed by atoms with Crippen LogP contribution in [0.15, 0.2) is 11.4 Å². The third-order valence-corrected chi connectivity index (χ3v) is 3.50. The van der Waals surface area contributed by atoms with Crippen LogP contribution in [-0.4, -0.2) is 23.7 Å². The molecule has 1 unspecified atom stereocenters. The number of carbonyl (C=O) groups is 1. The van der Waals surface area contributed by atoms with Crippen LogP contribution in [0.4, 0.5) is 5.69 Å². The van der Waals surface area contributed by atoms with E-state index in [0.29, 0.717) is 12.5 Å². The van der Waals surface area contributed by atoms with Gasteiger partial charge in [-0.25, -0.2) is 0 Å². The number of nitrogens with one attached hydrogen (secondary N) is 2. The molecule has 3 N–H and O–H groups in total. The van der Waals surface area contributed by atoms with Crippen LogP contribution in [-0.2, 0) is 11.3 Å². The Labute approximate surface area is 106 Å². The van der Waals surface area contributed by atoms with Crippen molar-refractivity contribution < 1.29 is 9.90 Å². The van der Waals surface area contributed by atoms with Gasteiger partial charge in [0, 0.05) is 24.4 Å². The SMILES string of the molecule is CC(=O)Nc1ccsc1CNC(CO)C(C)C. The Bertz CT molecular complexity index is 363. The van der Waals surface area contributed by atoms with Gasteiger partial charge in [-0.1, -0.05) is 13.8 Å². The maximum atomic E-state index is 11.0. The standard InChI is InChI=1S/C12H20N2O2S/c1-8(2)11(7-15)13-6-12-10(4-5-17-12)14-9(3)16/h4-5,8,11,13,15H,6-7H2,1-3H3,(H,14,16). The van der Waals surface area contributed by atoms with Crippen molar-refractivity contribution in [3.63, 3.8) is 0 Å². The number of aliphatic hydroxyl groups is 1. The summed E-state index contributed by atoms with van der Waals surface area (Å²) in [4.78, 5) is 12.1. The van der Waals surface area contributed by atoms with E-state index in [9.17, 15) is 9.90 Å². The number of rotatable bonds is 6. The summed E-state index contributed by atoms with van der Waals surface area (Å²) in [7, 11) is 0. The Morgan fingerprint density at radius 2 is 2.24 bits per heavy atom. The Balaban J connectivity index is 2.56. The lowest BCUT2D eigenvalue weighted by molar-refractivity contribution is -0.114. The van der Waals surface area contributed by atoms with E-state index >= 15 is 0 Å². The predicted molar refractivity (Wildman–Crippen MR) is 71.2 cm³/mol. The number of thiophene rings is 1. The predicted octanol–water partition coefficient (Wildman–Crippen LogP) is 1.81. The molecule has 0 aliphatic heterocycles. The van der Waals surface area contributed by atoms with Gasteiger partial charge >= 0.3 is 0 Å². The lowest BCUT2D eigenvalue weighted by Crippen LogP contribution is -2.36. The molecular weight excluding hydrogens is 236 g/mol. The molecular formula is C12H20N2O2S. The van der Waals surface area contributed by atoms with Gasteiger partial charge in [0.2, 0.25) is 5.91 Å². The van der Waals surface area contributed by atoms with Gasteiger partial charge in [0.1, 0.15) is 0 Å². The average molecular weight is 256 g/mol. The molecule has 1 rings (SSSR count). The van der Waals surface area contributed by atoms with Gasteiger partial charge in [0.25, 0.3) is 0 Å². The third-order valence-electron chi connectivity index (χ3n) is 2.58. The first kappa shape index (κ1) is 14.2. The van der Waals surface area contributed by atoms with Gasteiger partial charge in [-0.2, -0.15) is 0 Å². The number of amides is 1. The highest BCUT2D eigenvalue weighted by molar-refractivity contribution is 7.10. The summed E-state index contributed by atoms with van der Waals surface area (Å²) in [5.74, 6) is 0.316. The van der Waals surface area contributed by atoms with Gasteiger partial charge < -0.3 is 15.7 Å². The van der Waals surface area contributed by atoms with Crippen LogP contribution in [0.2, 0.25) is 0 Å². The molecule has 17 heavy (non-hydrogen) atoms. The van der Waals surface area contributed by atoms with E-state index in [4.69, 9.17) is 0 Å². The summed E-state index contributed by atoms with van der Waals surface area (Å²) in [6.07, 6.45) is 0. The van der Waals surface area contributed by atoms with Crippen molar-refractivity contribution in [3.05, 3.63) is 16.3 Å². The smallest absolute Gasteiger partial charge is 0.221 e. The molecule has 96 valence electrons. The Morgan fingerprint density at radius 3 is 2.76 bits per heavy atom. The molecule has 1 aromatic rings. The molecule has 0 spiro atoms. The first-order chi connectivity index (χ1) is 8.04. The summed E-state index contributed by atoms with van der Waals surface area (Å²) in [5, 5.41) is 17.2. The van der Waals surface area contributed by atoms with Crippen molar-refractivity contribution in [3.8, 4) is 0 Å². The second-order valence-electron chi connectivity index (χ2n) is 4.35. The molecule has 4 nitrogen and oxygen atoms in total. The fraction of sp³-hybridized carbons (Fsp3) is 0.583. The summed E-state index contributed by atoms with van der Waals surface area (Å²) in [6.45, 7) is 6.42. The van der Waals surface area contributed by atoms with E-state index < -0.39 is 0 Å². The summed E-state index contributed by atoms with van der Waals surface area (Å²) >= 11 is 1.60. The minimum Gasteiger partial charge on any atom is -0.395 e. The summed E-state index contributed by atoms with van der Waals surface area (Å²) in [5.41, 5.74) is 0.857. The van der Waals surface area contributed by atoms with Crippen LogP contribution in [0, 0.1) is 5.92 Å². The van der Waals surface area contributed by atoms with Crippen molar-refractivity contribution >= 4 is 22.9 Å². The van der Waals surface area contributed by atoms with Crippen LogP contribution in [0.25, 0.3) is 0 Å². The Hall–Kier alpha value is -0.910. The molecule has 5 heteroatoms. The normalized spacial score (nSPS) is 12.8. The van der Waals surface area contributed by atoms with Gasteiger partial charge in [-0.3, -0.25) is 4.79 Å². The zero-order chi connectivity index (χ0) is 12.8. The highest BCUT2D eigenvalue weighted by Crippen LogP contribution is 2.22. The quantitative estimate of drug-likeness (QED) is 0.727. The third kappa shape index (κ3) is 4.46. The molecule has 1 aromatic heterocycles. The highest BCUT2D eigenvalue weighted by Gasteiger charge is 2.13. The lowest BCUT2D eigenvalue weighted by atomic mass is 10.1. The minimum atomic E-state index is -0.0628. The number of carbonyl (C=O) groups excluding carboxylic acids is 1. The van der Waals surface area contributed by atoms with Crippen molar-refractivity contribution in [1.29, 1.82) is 0 Å². The van der Waals surface area contributed by atoms with E-state index in [1.54, 1.807) is 11.3 Å². The van der Waals surface area contributed by atoms with Crippen LogP contribution >= 0.6 is 11.3 Å². The number of aliphatic hydroxyl groups excluding tert-OH is 1. The minimum absolute atomic E-state index is 0.0628. The molecule has 0 radical (unpaired) electrons. The van der Waals surface area contributed by atoms with Gasteiger partial charge in [-0.05, 0) is 17.4 Å². The lowest BCUT2D eigenvalue weighted by Gasteiger charge is -2.19. The monoisotopic (exact) mass is 256 g/mol. The fourth-order valence-electron chi connectivity index (χ4n) is 1.51. The van der Waals surface area contributed by atoms with Crippen LogP contribution < -0.4 is 10.6 Å². The molecule has 0 aliphatic rings. The van der Waals surface area contributed by atoms with Crippen molar-refractivity contribution in [2.75, 3.05) is 11.9 Å². The topological polar surface area (TPSA) is 61.4 Å². The number of anilines is 1.